The standard InChI is InChI=1S/C27H40O3S4/c1-4-23(27(33-17-10-18-34-27)21-11-6-5-7-12-21)24(28)19-26(31-15-9-16-32-26)14-8-13-22-20-29-25(2,3)30-22/h4-7,11-12,22-24,28H,1,8-10,13-20H2,2-3H3/t22-,23-,24+/m0/s1. The third-order valence-corrected chi connectivity index (χ3v) is 13.9. The molecular weight excluding hydrogens is 501 g/mol. The lowest BCUT2D eigenvalue weighted by atomic mass is 9.89. The molecule has 7 heteroatoms. The molecule has 1 N–H and O–H groups in total. The first-order chi connectivity index (χ1) is 16.4. The molecule has 3 saturated heterocycles. The number of aliphatic hydroxyl groups excluding tert-OH is 1. The van der Waals surface area contributed by atoms with Crippen LogP contribution in [0.1, 0.15) is 57.9 Å². The average molecular weight is 541 g/mol. The molecule has 190 valence electrons. The summed E-state index contributed by atoms with van der Waals surface area (Å²) < 4.78 is 11.7. The highest BCUT2D eigenvalue weighted by Crippen LogP contribution is 2.58. The van der Waals surface area contributed by atoms with Gasteiger partial charge in [-0.2, -0.15) is 0 Å². The average Bonchev–Trinajstić information content (AvgIpc) is 3.19. The third-order valence-electron chi connectivity index (χ3n) is 6.90. The predicted octanol–water partition coefficient (Wildman–Crippen LogP) is 7.15. The molecule has 0 radical (unpaired) electrons. The minimum Gasteiger partial charge on any atom is -0.392 e. The van der Waals surface area contributed by atoms with Gasteiger partial charge in [0.2, 0.25) is 0 Å². The molecule has 0 saturated carbocycles. The Kier molecular flexibility index (Phi) is 9.78. The molecule has 3 aliphatic heterocycles. The van der Waals surface area contributed by atoms with Crippen LogP contribution in [0.5, 0.6) is 0 Å². The van der Waals surface area contributed by atoms with Crippen molar-refractivity contribution in [2.24, 2.45) is 5.92 Å². The summed E-state index contributed by atoms with van der Waals surface area (Å²) in [7, 11) is 0. The van der Waals surface area contributed by atoms with E-state index in [0.717, 1.165) is 37.2 Å². The Hall–Kier alpha value is 0.240. The highest BCUT2D eigenvalue weighted by molar-refractivity contribution is 8.19. The summed E-state index contributed by atoms with van der Waals surface area (Å²) >= 11 is 8.16. The van der Waals surface area contributed by atoms with Crippen molar-refractivity contribution in [3.05, 3.63) is 48.6 Å². The van der Waals surface area contributed by atoms with Crippen molar-refractivity contribution < 1.29 is 14.6 Å². The zero-order valence-corrected chi connectivity index (χ0v) is 23.8. The summed E-state index contributed by atoms with van der Waals surface area (Å²) in [5, 5.41) is 11.8. The highest BCUT2D eigenvalue weighted by Gasteiger charge is 2.47. The largest absolute Gasteiger partial charge is 0.392 e. The lowest BCUT2D eigenvalue weighted by Crippen LogP contribution is -2.42. The molecule has 0 spiro atoms. The number of aliphatic hydroxyl groups is 1. The van der Waals surface area contributed by atoms with Crippen LogP contribution < -0.4 is 0 Å². The van der Waals surface area contributed by atoms with Crippen molar-refractivity contribution >= 4 is 47.0 Å². The summed E-state index contributed by atoms with van der Waals surface area (Å²) in [6.45, 7) is 8.92. The van der Waals surface area contributed by atoms with E-state index in [4.69, 9.17) is 9.47 Å². The molecule has 3 heterocycles. The van der Waals surface area contributed by atoms with Gasteiger partial charge in [-0.3, -0.25) is 0 Å². The van der Waals surface area contributed by atoms with Gasteiger partial charge in [0.1, 0.15) is 0 Å². The van der Waals surface area contributed by atoms with Gasteiger partial charge in [0, 0.05) is 5.92 Å². The Morgan fingerprint density at radius 2 is 1.71 bits per heavy atom. The minimum absolute atomic E-state index is 0.0116. The van der Waals surface area contributed by atoms with Crippen LogP contribution in [0.15, 0.2) is 43.0 Å². The van der Waals surface area contributed by atoms with Gasteiger partial charge < -0.3 is 14.6 Å². The van der Waals surface area contributed by atoms with Gasteiger partial charge >= 0.3 is 0 Å². The van der Waals surface area contributed by atoms with E-state index in [2.05, 4.69) is 60.4 Å². The topological polar surface area (TPSA) is 38.7 Å². The minimum atomic E-state index is -0.453. The van der Waals surface area contributed by atoms with Gasteiger partial charge in [-0.15, -0.1) is 53.6 Å². The Morgan fingerprint density at radius 1 is 1.06 bits per heavy atom. The summed E-state index contributed by atoms with van der Waals surface area (Å²) in [6.07, 6.45) is 8.32. The van der Waals surface area contributed by atoms with Crippen molar-refractivity contribution in [2.75, 3.05) is 29.6 Å². The van der Waals surface area contributed by atoms with Gasteiger partial charge in [0.15, 0.2) is 5.79 Å². The van der Waals surface area contributed by atoms with E-state index < -0.39 is 11.9 Å². The van der Waals surface area contributed by atoms with Crippen LogP contribution in [0.2, 0.25) is 0 Å². The fraction of sp³-hybridized carbons (Fsp3) is 0.704. The van der Waals surface area contributed by atoms with E-state index in [1.807, 2.05) is 43.4 Å². The van der Waals surface area contributed by atoms with E-state index in [9.17, 15) is 5.11 Å². The molecule has 1 aromatic rings. The van der Waals surface area contributed by atoms with Crippen molar-refractivity contribution in [1.82, 2.24) is 0 Å². The van der Waals surface area contributed by atoms with Crippen LogP contribution in [-0.4, -0.2) is 56.8 Å². The van der Waals surface area contributed by atoms with Crippen molar-refractivity contribution in [3.8, 4) is 0 Å². The molecule has 0 amide bonds. The molecule has 34 heavy (non-hydrogen) atoms. The van der Waals surface area contributed by atoms with Crippen molar-refractivity contribution in [1.29, 1.82) is 0 Å². The third kappa shape index (κ3) is 6.56. The number of benzene rings is 1. The Bertz CT molecular complexity index is 775. The van der Waals surface area contributed by atoms with Crippen LogP contribution in [0.3, 0.4) is 0 Å². The van der Waals surface area contributed by atoms with E-state index >= 15 is 0 Å². The van der Waals surface area contributed by atoms with E-state index in [1.54, 1.807) is 0 Å². The van der Waals surface area contributed by atoms with Crippen LogP contribution in [-0.2, 0) is 13.6 Å². The van der Waals surface area contributed by atoms with Gasteiger partial charge in [-0.1, -0.05) is 36.4 Å². The first kappa shape index (κ1) is 27.3. The second-order valence-electron chi connectivity index (χ2n) is 9.92. The van der Waals surface area contributed by atoms with Gasteiger partial charge in [0.05, 0.1) is 27.0 Å². The van der Waals surface area contributed by atoms with Crippen LogP contribution >= 0.6 is 47.0 Å². The molecule has 0 bridgehead atoms. The number of rotatable bonds is 10. The summed E-state index contributed by atoms with van der Waals surface area (Å²) in [6, 6.07) is 10.8. The Morgan fingerprint density at radius 3 is 2.29 bits per heavy atom. The van der Waals surface area contributed by atoms with Crippen LogP contribution in [0, 0.1) is 5.92 Å². The predicted molar refractivity (Wildman–Crippen MR) is 153 cm³/mol. The second-order valence-corrected chi connectivity index (χ2v) is 16.1. The SMILES string of the molecule is C=C[C@@H]([C@H](O)CC1(CCC[C@H]2COC(C)(C)O2)SCCCS1)C1(c2ccccc2)SCCCS1. The zero-order chi connectivity index (χ0) is 24.1. The normalized spacial score (nSPS) is 27.7. The number of hydrogen-bond donors (Lipinski definition) is 1. The first-order valence-electron chi connectivity index (χ1n) is 12.6. The molecule has 3 nitrogen and oxygen atoms in total. The van der Waals surface area contributed by atoms with E-state index in [0.29, 0.717) is 6.61 Å². The lowest BCUT2D eigenvalue weighted by molar-refractivity contribution is -0.139. The molecule has 0 aromatic heterocycles. The molecule has 0 unspecified atom stereocenters. The summed E-state index contributed by atoms with van der Waals surface area (Å²) in [4.78, 5) is 0. The van der Waals surface area contributed by atoms with Gasteiger partial charge in [-0.05, 0) is 80.9 Å². The molecule has 3 aliphatic rings. The first-order valence-corrected chi connectivity index (χ1v) is 16.6. The van der Waals surface area contributed by atoms with E-state index in [-0.39, 0.29) is 20.2 Å². The molecular formula is C27H40O3S4. The second kappa shape index (κ2) is 12.2. The fourth-order valence-electron chi connectivity index (χ4n) is 5.27. The number of thioether (sulfide) groups is 4. The Balaban J connectivity index is 1.47. The van der Waals surface area contributed by atoms with Crippen molar-refractivity contribution in [2.45, 2.75) is 78.5 Å². The zero-order valence-electron chi connectivity index (χ0n) is 20.6. The van der Waals surface area contributed by atoms with Crippen LogP contribution in [0.25, 0.3) is 0 Å². The van der Waals surface area contributed by atoms with Crippen molar-refractivity contribution in [3.63, 3.8) is 0 Å². The number of hydrogen-bond acceptors (Lipinski definition) is 7. The molecule has 4 rings (SSSR count). The van der Waals surface area contributed by atoms with E-state index in [1.165, 1.54) is 29.9 Å². The summed E-state index contributed by atoms with van der Waals surface area (Å²) in [5.74, 6) is 4.19. The summed E-state index contributed by atoms with van der Waals surface area (Å²) in [5.41, 5.74) is 1.31. The smallest absolute Gasteiger partial charge is 0.163 e. The maximum Gasteiger partial charge on any atom is 0.163 e. The molecule has 1 aromatic carbocycles. The van der Waals surface area contributed by atoms with Crippen LogP contribution in [0.4, 0.5) is 0 Å². The molecule has 3 atom stereocenters. The molecule has 0 aliphatic carbocycles. The highest BCUT2D eigenvalue weighted by atomic mass is 32.2. The lowest BCUT2D eigenvalue weighted by Gasteiger charge is -2.46. The maximum absolute atomic E-state index is 11.8. The quantitative estimate of drug-likeness (QED) is 0.316. The number of ether oxygens (including phenoxy) is 2. The fourth-order valence-corrected chi connectivity index (χ4v) is 12.5. The maximum atomic E-state index is 11.8. The molecule has 3 fully saturated rings. The van der Waals surface area contributed by atoms with Gasteiger partial charge in [-0.25, -0.2) is 0 Å². The van der Waals surface area contributed by atoms with Gasteiger partial charge in [0.25, 0.3) is 0 Å². The monoisotopic (exact) mass is 540 g/mol. The Labute approximate surface area is 223 Å².